The van der Waals surface area contributed by atoms with Crippen LogP contribution in [0.2, 0.25) is 0 Å². The second kappa shape index (κ2) is 3.22. The maximum Gasteiger partial charge on any atom is 0.304 e. The Morgan fingerprint density at radius 3 is 2.60 bits per heavy atom. The fraction of sp³-hybridized carbons (Fsp3) is 0.364. The zero-order valence-corrected chi connectivity index (χ0v) is 8.03. The van der Waals surface area contributed by atoms with Crippen molar-refractivity contribution in [1.29, 1.82) is 0 Å². The third-order valence-corrected chi connectivity index (χ3v) is 2.87. The molecule has 0 atom stereocenters. The Balaban J connectivity index is 2.33. The summed E-state index contributed by atoms with van der Waals surface area (Å²) < 4.78 is 13.5. The van der Waals surface area contributed by atoms with Gasteiger partial charge < -0.3 is 10.2 Å². The van der Waals surface area contributed by atoms with E-state index in [0.29, 0.717) is 18.4 Å². The minimum atomic E-state index is -0.917. The number of carbonyl (C=O) groups is 1. The van der Waals surface area contributed by atoms with Gasteiger partial charge in [0.1, 0.15) is 11.6 Å². The number of carboxylic acids is 1. The summed E-state index contributed by atoms with van der Waals surface area (Å²) in [5.74, 6) is -1.57. The van der Waals surface area contributed by atoms with Gasteiger partial charge in [-0.1, -0.05) is 6.07 Å². The van der Waals surface area contributed by atoms with Crippen molar-refractivity contribution in [1.82, 2.24) is 0 Å². The number of hydrogen-bond donors (Lipinski definition) is 2. The lowest BCUT2D eigenvalue weighted by molar-refractivity contribution is -0.137. The van der Waals surface area contributed by atoms with E-state index in [1.807, 2.05) is 0 Å². The number of hydrogen-bond acceptors (Lipinski definition) is 2. The summed E-state index contributed by atoms with van der Waals surface area (Å²) in [4.78, 5) is 10.6. The van der Waals surface area contributed by atoms with E-state index in [0.717, 1.165) is 6.07 Å². The number of carboxylic acid groups (broad SMARTS) is 1. The predicted octanol–water partition coefficient (Wildman–Crippen LogP) is 2.04. The molecule has 1 fully saturated rings. The van der Waals surface area contributed by atoms with Gasteiger partial charge in [-0.3, -0.25) is 4.79 Å². The van der Waals surface area contributed by atoms with E-state index < -0.39 is 17.2 Å². The van der Waals surface area contributed by atoms with Crippen LogP contribution in [0.4, 0.5) is 4.39 Å². The first-order chi connectivity index (χ1) is 7.03. The Bertz CT molecular complexity index is 410. The molecule has 0 unspecified atom stereocenters. The van der Waals surface area contributed by atoms with Gasteiger partial charge in [0.25, 0.3) is 0 Å². The molecule has 0 spiro atoms. The van der Waals surface area contributed by atoms with Crippen LogP contribution in [0.1, 0.15) is 24.8 Å². The van der Waals surface area contributed by atoms with E-state index in [-0.39, 0.29) is 12.2 Å². The maximum atomic E-state index is 13.5. The minimum Gasteiger partial charge on any atom is -0.508 e. The second-order valence-corrected chi connectivity index (χ2v) is 4.01. The summed E-state index contributed by atoms with van der Waals surface area (Å²) >= 11 is 0. The van der Waals surface area contributed by atoms with Crippen molar-refractivity contribution in [3.05, 3.63) is 29.6 Å². The Labute approximate surface area is 86.2 Å². The highest BCUT2D eigenvalue weighted by atomic mass is 19.1. The van der Waals surface area contributed by atoms with Crippen LogP contribution in [-0.4, -0.2) is 16.2 Å². The van der Waals surface area contributed by atoms with Crippen molar-refractivity contribution in [3.63, 3.8) is 0 Å². The van der Waals surface area contributed by atoms with Crippen LogP contribution in [0.15, 0.2) is 18.2 Å². The number of aliphatic carboxylic acids is 1. The smallest absolute Gasteiger partial charge is 0.304 e. The van der Waals surface area contributed by atoms with Gasteiger partial charge in [0, 0.05) is 11.5 Å². The van der Waals surface area contributed by atoms with Crippen LogP contribution in [0.3, 0.4) is 0 Å². The van der Waals surface area contributed by atoms with Gasteiger partial charge in [0.05, 0.1) is 6.42 Å². The maximum absolute atomic E-state index is 13.5. The second-order valence-electron chi connectivity index (χ2n) is 4.01. The molecule has 1 aliphatic carbocycles. The highest BCUT2D eigenvalue weighted by Crippen LogP contribution is 2.52. The average molecular weight is 210 g/mol. The topological polar surface area (TPSA) is 57.5 Å². The largest absolute Gasteiger partial charge is 0.508 e. The first-order valence-corrected chi connectivity index (χ1v) is 4.74. The van der Waals surface area contributed by atoms with Crippen molar-refractivity contribution < 1.29 is 19.4 Å². The molecule has 2 rings (SSSR count). The third-order valence-electron chi connectivity index (χ3n) is 2.87. The molecule has 0 bridgehead atoms. The highest BCUT2D eigenvalue weighted by molar-refractivity contribution is 5.70. The SMILES string of the molecule is O=C(O)CC1(c2ccc(O)cc2F)CC1. The Hall–Kier alpha value is -1.58. The molecule has 0 heterocycles. The molecule has 3 nitrogen and oxygen atoms in total. The van der Waals surface area contributed by atoms with E-state index in [1.165, 1.54) is 12.1 Å². The molecule has 0 amide bonds. The summed E-state index contributed by atoms with van der Waals surface area (Å²) in [5, 5.41) is 17.8. The Kier molecular flexibility index (Phi) is 2.14. The predicted molar refractivity (Wildman–Crippen MR) is 51.2 cm³/mol. The monoisotopic (exact) mass is 210 g/mol. The summed E-state index contributed by atoms with van der Waals surface area (Å²) in [6.07, 6.45) is 1.34. The van der Waals surface area contributed by atoms with Gasteiger partial charge in [-0.25, -0.2) is 4.39 Å². The fourth-order valence-electron chi connectivity index (χ4n) is 1.92. The number of phenols is 1. The van der Waals surface area contributed by atoms with E-state index in [9.17, 15) is 9.18 Å². The van der Waals surface area contributed by atoms with Gasteiger partial charge in [-0.15, -0.1) is 0 Å². The van der Waals surface area contributed by atoms with E-state index >= 15 is 0 Å². The lowest BCUT2D eigenvalue weighted by Gasteiger charge is -2.13. The third kappa shape index (κ3) is 1.79. The number of halogens is 1. The summed E-state index contributed by atoms with van der Waals surface area (Å²) in [6, 6.07) is 3.89. The molecule has 0 aliphatic heterocycles. The molecule has 1 aromatic carbocycles. The van der Waals surface area contributed by atoms with Gasteiger partial charge in [0.15, 0.2) is 0 Å². The van der Waals surface area contributed by atoms with Gasteiger partial charge in [-0.2, -0.15) is 0 Å². The van der Waals surface area contributed by atoms with E-state index in [1.54, 1.807) is 0 Å². The van der Waals surface area contributed by atoms with Gasteiger partial charge >= 0.3 is 5.97 Å². The van der Waals surface area contributed by atoms with Crippen molar-refractivity contribution in [2.24, 2.45) is 0 Å². The zero-order valence-electron chi connectivity index (χ0n) is 8.03. The zero-order chi connectivity index (χ0) is 11.1. The van der Waals surface area contributed by atoms with Crippen molar-refractivity contribution in [2.75, 3.05) is 0 Å². The molecule has 1 aromatic rings. The lowest BCUT2D eigenvalue weighted by Crippen LogP contribution is -2.14. The first-order valence-electron chi connectivity index (χ1n) is 4.74. The quantitative estimate of drug-likeness (QED) is 0.802. The van der Waals surface area contributed by atoms with Crippen molar-refractivity contribution in [3.8, 4) is 5.75 Å². The van der Waals surface area contributed by atoms with Crippen molar-refractivity contribution >= 4 is 5.97 Å². The van der Waals surface area contributed by atoms with E-state index in [2.05, 4.69) is 0 Å². The summed E-state index contributed by atoms with van der Waals surface area (Å²) in [5.41, 5.74) is -0.133. The summed E-state index contributed by atoms with van der Waals surface area (Å²) in [7, 11) is 0. The van der Waals surface area contributed by atoms with Crippen molar-refractivity contribution in [2.45, 2.75) is 24.7 Å². The Morgan fingerprint density at radius 2 is 2.13 bits per heavy atom. The van der Waals surface area contributed by atoms with Crippen LogP contribution in [-0.2, 0) is 10.2 Å². The average Bonchev–Trinajstić information content (AvgIpc) is 2.83. The molecule has 1 aliphatic rings. The first kappa shape index (κ1) is 9.96. The fourth-order valence-corrected chi connectivity index (χ4v) is 1.92. The summed E-state index contributed by atoms with van der Waals surface area (Å²) in [6.45, 7) is 0. The molecule has 0 saturated heterocycles. The van der Waals surface area contributed by atoms with Crippen LogP contribution in [0.25, 0.3) is 0 Å². The molecule has 80 valence electrons. The molecule has 1 saturated carbocycles. The lowest BCUT2D eigenvalue weighted by atomic mass is 9.92. The molecular weight excluding hydrogens is 199 g/mol. The molecule has 4 heteroatoms. The van der Waals surface area contributed by atoms with E-state index in [4.69, 9.17) is 10.2 Å². The van der Waals surface area contributed by atoms with Gasteiger partial charge in [0.2, 0.25) is 0 Å². The number of phenolic OH excluding ortho intramolecular Hbond substituents is 1. The Morgan fingerprint density at radius 1 is 1.47 bits per heavy atom. The normalized spacial score (nSPS) is 17.4. The number of rotatable bonds is 3. The molecule has 15 heavy (non-hydrogen) atoms. The highest BCUT2D eigenvalue weighted by Gasteiger charge is 2.47. The minimum absolute atomic E-state index is 0.0469. The number of aromatic hydroxyl groups is 1. The van der Waals surface area contributed by atoms with Crippen LogP contribution in [0.5, 0.6) is 5.75 Å². The van der Waals surface area contributed by atoms with Gasteiger partial charge in [-0.05, 0) is 24.5 Å². The molecule has 0 radical (unpaired) electrons. The van der Waals surface area contributed by atoms with Crippen LogP contribution in [0, 0.1) is 5.82 Å². The molecular formula is C11H11FO3. The number of benzene rings is 1. The standard InChI is InChI=1S/C11H11FO3/c12-9-5-7(13)1-2-8(9)11(3-4-11)6-10(14)15/h1-2,5,13H,3-4,6H2,(H,14,15). The van der Waals surface area contributed by atoms with Crippen LogP contribution < -0.4 is 0 Å². The molecule has 2 N–H and O–H groups in total. The molecule has 0 aromatic heterocycles. The van der Waals surface area contributed by atoms with Crippen LogP contribution >= 0.6 is 0 Å².